The van der Waals surface area contributed by atoms with Gasteiger partial charge in [-0.25, -0.2) is 0 Å². The second-order valence-corrected chi connectivity index (χ2v) is 18.2. The van der Waals surface area contributed by atoms with Crippen molar-refractivity contribution >= 4 is 5.91 Å². The Kier molecular flexibility index (Phi) is 46.3. The molecule has 0 aromatic rings. The van der Waals surface area contributed by atoms with Crippen LogP contribution in [0.1, 0.15) is 284 Å². The lowest BCUT2D eigenvalue weighted by Crippen LogP contribution is -2.53. The number of hydrogen-bond donors (Lipinski definition) is 5. The van der Waals surface area contributed by atoms with Crippen LogP contribution in [0.4, 0.5) is 0 Å². The summed E-state index contributed by atoms with van der Waals surface area (Å²) in [5.41, 5.74) is 0. The minimum Gasteiger partial charge on any atom is -0.394 e. The van der Waals surface area contributed by atoms with Gasteiger partial charge in [0.2, 0.25) is 5.91 Å². The lowest BCUT2D eigenvalue weighted by molar-refractivity contribution is -0.132. The normalized spacial score (nSPS) is 14.0. The molecular weight excluding hydrogens is 719 g/mol. The van der Waals surface area contributed by atoms with Gasteiger partial charge in [-0.3, -0.25) is 4.79 Å². The smallest absolute Gasteiger partial charge is 0.249 e. The monoisotopic (exact) mass is 822 g/mol. The second-order valence-electron chi connectivity index (χ2n) is 18.2. The molecule has 0 saturated heterocycles. The summed E-state index contributed by atoms with van der Waals surface area (Å²) in [7, 11) is 0. The van der Waals surface area contributed by atoms with Crippen molar-refractivity contribution in [1.82, 2.24) is 5.32 Å². The van der Waals surface area contributed by atoms with Crippen molar-refractivity contribution in [3.63, 3.8) is 0 Å². The molecule has 4 atom stereocenters. The number of hydrogen-bond acceptors (Lipinski definition) is 5. The van der Waals surface area contributed by atoms with E-state index >= 15 is 0 Å². The maximum Gasteiger partial charge on any atom is 0.249 e. The molecule has 0 heterocycles. The summed E-state index contributed by atoms with van der Waals surface area (Å²) in [6.45, 7) is 4.08. The molecule has 0 fully saturated rings. The fourth-order valence-corrected chi connectivity index (χ4v) is 8.35. The predicted molar refractivity (Wildman–Crippen MR) is 251 cm³/mol. The number of aliphatic hydroxyl groups is 4. The summed E-state index contributed by atoms with van der Waals surface area (Å²) in [6, 6.07) is -0.998. The zero-order chi connectivity index (χ0) is 42.4. The third kappa shape index (κ3) is 40.5. The van der Waals surface area contributed by atoms with Gasteiger partial charge in [-0.1, -0.05) is 257 Å². The van der Waals surface area contributed by atoms with Crippen LogP contribution >= 0.6 is 0 Å². The van der Waals surface area contributed by atoms with Crippen LogP contribution < -0.4 is 5.32 Å². The van der Waals surface area contributed by atoms with E-state index in [4.69, 9.17) is 0 Å². The van der Waals surface area contributed by atoms with Crippen molar-refractivity contribution < 1.29 is 25.2 Å². The van der Waals surface area contributed by atoms with Gasteiger partial charge in [-0.05, 0) is 38.5 Å². The van der Waals surface area contributed by atoms with Gasteiger partial charge in [-0.2, -0.15) is 0 Å². The van der Waals surface area contributed by atoms with Crippen molar-refractivity contribution in [3.05, 3.63) is 12.2 Å². The van der Waals surface area contributed by atoms with E-state index in [2.05, 4.69) is 31.3 Å². The highest BCUT2D eigenvalue weighted by molar-refractivity contribution is 5.80. The number of aliphatic hydroxyl groups excluding tert-OH is 4. The largest absolute Gasteiger partial charge is 0.394 e. The molecule has 0 rings (SSSR count). The van der Waals surface area contributed by atoms with Crippen molar-refractivity contribution in [3.8, 4) is 0 Å². The summed E-state index contributed by atoms with van der Waals surface area (Å²) < 4.78 is 0. The minimum absolute atomic E-state index is 0.369. The van der Waals surface area contributed by atoms with E-state index < -0.39 is 36.9 Å². The van der Waals surface area contributed by atoms with Gasteiger partial charge in [0.25, 0.3) is 0 Å². The number of amides is 1. The van der Waals surface area contributed by atoms with Crippen molar-refractivity contribution in [2.75, 3.05) is 6.61 Å². The lowest BCUT2D eigenvalue weighted by atomic mass is 10.00. The molecule has 0 radical (unpaired) electrons. The molecule has 58 heavy (non-hydrogen) atoms. The maximum atomic E-state index is 12.6. The Hall–Kier alpha value is -0.950. The summed E-state index contributed by atoms with van der Waals surface area (Å²) >= 11 is 0. The van der Waals surface area contributed by atoms with E-state index in [1.54, 1.807) is 0 Å². The molecule has 6 heteroatoms. The molecule has 6 nitrogen and oxygen atoms in total. The molecule has 4 unspecified atom stereocenters. The van der Waals surface area contributed by atoms with Crippen LogP contribution in [0.5, 0.6) is 0 Å². The van der Waals surface area contributed by atoms with Crippen LogP contribution in [-0.2, 0) is 4.79 Å². The van der Waals surface area contributed by atoms with Crippen LogP contribution in [0.25, 0.3) is 0 Å². The molecule has 1 amide bonds. The average Bonchev–Trinajstić information content (AvgIpc) is 3.23. The highest BCUT2D eigenvalue weighted by Gasteiger charge is 2.28. The number of nitrogens with one attached hydrogen (secondary N) is 1. The van der Waals surface area contributed by atoms with Gasteiger partial charge >= 0.3 is 0 Å². The third-order valence-corrected chi connectivity index (χ3v) is 12.5. The summed E-state index contributed by atoms with van der Waals surface area (Å²) in [5, 5.41) is 43.9. The summed E-state index contributed by atoms with van der Waals surface area (Å²) in [6.07, 6.45) is 54.1. The van der Waals surface area contributed by atoms with Crippen LogP contribution in [0.2, 0.25) is 0 Å². The van der Waals surface area contributed by atoms with Crippen molar-refractivity contribution in [1.29, 1.82) is 0 Å². The van der Waals surface area contributed by atoms with Gasteiger partial charge in [0.05, 0.1) is 18.8 Å². The van der Waals surface area contributed by atoms with Crippen LogP contribution in [0, 0.1) is 0 Å². The first-order valence-corrected chi connectivity index (χ1v) is 26.1. The van der Waals surface area contributed by atoms with E-state index in [9.17, 15) is 25.2 Å². The summed E-state index contributed by atoms with van der Waals surface area (Å²) in [4.78, 5) is 12.6. The Morgan fingerprint density at radius 1 is 0.414 bits per heavy atom. The van der Waals surface area contributed by atoms with Gasteiger partial charge in [-0.15, -0.1) is 0 Å². The van der Waals surface area contributed by atoms with E-state index in [0.717, 1.165) is 38.5 Å². The zero-order valence-electron chi connectivity index (χ0n) is 39.1. The minimum atomic E-state index is -1.28. The quantitative estimate of drug-likeness (QED) is 0.0310. The molecule has 0 aromatic heterocycles. The molecule has 0 aliphatic carbocycles. The average molecular weight is 822 g/mol. The van der Waals surface area contributed by atoms with Gasteiger partial charge in [0.1, 0.15) is 12.2 Å². The van der Waals surface area contributed by atoms with Crippen LogP contribution in [0.15, 0.2) is 12.2 Å². The first-order chi connectivity index (χ1) is 28.5. The molecule has 0 bridgehead atoms. The zero-order valence-corrected chi connectivity index (χ0v) is 39.1. The van der Waals surface area contributed by atoms with Gasteiger partial charge in [0.15, 0.2) is 0 Å². The molecule has 0 aromatic carbocycles. The Bertz CT molecular complexity index is 837. The van der Waals surface area contributed by atoms with E-state index in [1.807, 2.05) is 0 Å². The Morgan fingerprint density at radius 3 is 1.03 bits per heavy atom. The number of rotatable bonds is 48. The van der Waals surface area contributed by atoms with E-state index in [0.29, 0.717) is 12.8 Å². The highest BCUT2D eigenvalue weighted by atomic mass is 16.3. The van der Waals surface area contributed by atoms with Crippen molar-refractivity contribution in [2.24, 2.45) is 0 Å². The van der Waals surface area contributed by atoms with Gasteiger partial charge < -0.3 is 25.7 Å². The molecular formula is C52H103NO5. The predicted octanol–water partition coefficient (Wildman–Crippen LogP) is 14.5. The third-order valence-electron chi connectivity index (χ3n) is 12.5. The number of carbonyl (C=O) groups is 1. The number of allylic oxidation sites excluding steroid dienone is 2. The standard InChI is InChI=1S/C52H103NO5/c1-3-5-7-9-11-13-15-17-19-21-23-25-27-29-31-33-35-37-39-41-43-45-49(55)51(57)48(47-54)53-52(58)50(56)46-44-42-40-38-36-34-32-30-28-26-24-22-20-18-16-14-12-10-8-6-4-2/h37,39,48-51,54-57H,3-36,38,40-47H2,1-2H3,(H,53,58)/b39-37+. The first kappa shape index (κ1) is 57.1. The Balaban J connectivity index is 3.67. The second kappa shape index (κ2) is 47.1. The lowest BCUT2D eigenvalue weighted by Gasteiger charge is -2.27. The van der Waals surface area contributed by atoms with Gasteiger partial charge in [0, 0.05) is 0 Å². The van der Waals surface area contributed by atoms with Crippen molar-refractivity contribution in [2.45, 2.75) is 308 Å². The maximum absolute atomic E-state index is 12.6. The Morgan fingerprint density at radius 2 is 0.707 bits per heavy atom. The van der Waals surface area contributed by atoms with Crippen LogP contribution in [0.3, 0.4) is 0 Å². The molecule has 0 saturated carbocycles. The molecule has 346 valence electrons. The first-order valence-electron chi connectivity index (χ1n) is 26.1. The number of unbranched alkanes of at least 4 members (excludes halogenated alkanes) is 37. The SMILES string of the molecule is CCCCCCCCCCCCCCCCCC/C=C/CCCC(O)C(O)C(CO)NC(=O)C(O)CCCCCCCCCCCCCCCCCCCCCCC. The van der Waals surface area contributed by atoms with E-state index in [-0.39, 0.29) is 0 Å². The highest BCUT2D eigenvalue weighted by Crippen LogP contribution is 2.17. The molecule has 0 aliphatic rings. The fourth-order valence-electron chi connectivity index (χ4n) is 8.35. The van der Waals surface area contributed by atoms with E-state index in [1.165, 1.54) is 218 Å². The topological polar surface area (TPSA) is 110 Å². The fraction of sp³-hybridized carbons (Fsp3) is 0.942. The van der Waals surface area contributed by atoms with Crippen LogP contribution in [-0.4, -0.2) is 57.3 Å². The Labute approximate surface area is 362 Å². The molecule has 0 spiro atoms. The molecule has 0 aliphatic heterocycles. The summed E-state index contributed by atoms with van der Waals surface area (Å²) in [5.74, 6) is -0.588. The molecule has 5 N–H and O–H groups in total. The number of carbonyl (C=O) groups excluding carboxylic acids is 1.